The third-order valence-electron chi connectivity index (χ3n) is 5.45. The predicted molar refractivity (Wildman–Crippen MR) is 111 cm³/mol. The van der Waals surface area contributed by atoms with Gasteiger partial charge in [0.15, 0.2) is 5.96 Å². The van der Waals surface area contributed by atoms with Gasteiger partial charge in [-0.05, 0) is 36.5 Å². The fourth-order valence-corrected chi connectivity index (χ4v) is 3.74. The highest BCUT2D eigenvalue weighted by Crippen LogP contribution is 2.21. The first-order valence-electron chi connectivity index (χ1n) is 9.84. The molecule has 1 fully saturated rings. The number of benzene rings is 1. The highest BCUT2D eigenvalue weighted by atomic mass is 16.1. The predicted octanol–water partition coefficient (Wildman–Crippen LogP) is 1.99. The summed E-state index contributed by atoms with van der Waals surface area (Å²) >= 11 is 0. The van der Waals surface area contributed by atoms with Gasteiger partial charge in [-0.15, -0.1) is 0 Å². The van der Waals surface area contributed by atoms with Gasteiger partial charge in [0.1, 0.15) is 0 Å². The summed E-state index contributed by atoms with van der Waals surface area (Å²) in [5.41, 5.74) is 2.52. The van der Waals surface area contributed by atoms with Crippen LogP contribution in [0, 0.1) is 5.92 Å². The molecule has 0 unspecified atom stereocenters. The van der Waals surface area contributed by atoms with Crippen LogP contribution in [0.4, 0.5) is 5.69 Å². The van der Waals surface area contributed by atoms with Crippen molar-refractivity contribution < 1.29 is 4.79 Å². The zero-order valence-electron chi connectivity index (χ0n) is 16.4. The number of rotatable bonds is 5. The average molecular weight is 370 g/mol. The number of hydrogen-bond acceptors (Lipinski definition) is 3. The molecule has 6 nitrogen and oxygen atoms in total. The van der Waals surface area contributed by atoms with E-state index in [0.717, 1.165) is 51.5 Å². The highest BCUT2D eigenvalue weighted by molar-refractivity contribution is 5.80. The van der Waals surface area contributed by atoms with Gasteiger partial charge >= 0.3 is 0 Å². The molecule has 0 atom stereocenters. The summed E-state index contributed by atoms with van der Waals surface area (Å²) in [5.74, 6) is 1.57. The number of nitrogens with one attached hydrogen (secondary N) is 2. The van der Waals surface area contributed by atoms with Crippen LogP contribution in [0.3, 0.4) is 0 Å². The number of aliphatic imine (C=N–C) groups is 1. The largest absolute Gasteiger partial charge is 0.364 e. The average Bonchev–Trinajstić information content (AvgIpc) is 3.25. The summed E-state index contributed by atoms with van der Waals surface area (Å²) in [7, 11) is 3.54. The van der Waals surface area contributed by atoms with E-state index in [2.05, 4.69) is 61.8 Å². The van der Waals surface area contributed by atoms with E-state index in [1.807, 2.05) is 7.05 Å². The molecular formula is C21H31N5O. The van der Waals surface area contributed by atoms with E-state index in [1.165, 1.54) is 11.3 Å². The number of amides is 1. The van der Waals surface area contributed by atoms with Gasteiger partial charge in [-0.2, -0.15) is 0 Å². The summed E-state index contributed by atoms with van der Waals surface area (Å²) in [6, 6.07) is 8.75. The molecule has 2 N–H and O–H groups in total. The van der Waals surface area contributed by atoms with Crippen molar-refractivity contribution in [2.45, 2.75) is 25.8 Å². The van der Waals surface area contributed by atoms with Crippen molar-refractivity contribution >= 4 is 17.6 Å². The second kappa shape index (κ2) is 9.44. The van der Waals surface area contributed by atoms with Crippen molar-refractivity contribution in [1.82, 2.24) is 15.5 Å². The molecular weight excluding hydrogens is 338 g/mol. The van der Waals surface area contributed by atoms with Crippen LogP contribution in [0.25, 0.3) is 0 Å². The fourth-order valence-electron chi connectivity index (χ4n) is 3.74. The number of anilines is 1. The van der Waals surface area contributed by atoms with Gasteiger partial charge in [0, 0.05) is 58.9 Å². The molecule has 6 heteroatoms. The standard InChI is InChI=1S/C21H31N5O/c1-22-20(27)15-17-9-13-26(14-10-17)21(23-2)24-16-18-5-7-19(8-6-18)25-11-3-4-12-25/h3-8,17H,9-16H2,1-2H3,(H,22,27)(H,23,24). The number of carbonyl (C=O) groups excluding carboxylic acids is 1. The lowest BCUT2D eigenvalue weighted by molar-refractivity contribution is -0.121. The van der Waals surface area contributed by atoms with Gasteiger partial charge in [-0.3, -0.25) is 9.79 Å². The van der Waals surface area contributed by atoms with Crippen molar-refractivity contribution in [2.24, 2.45) is 10.9 Å². The lowest BCUT2D eigenvalue weighted by Crippen LogP contribution is -2.45. The molecule has 0 aromatic heterocycles. The molecule has 0 spiro atoms. The zero-order chi connectivity index (χ0) is 19.1. The molecule has 1 aromatic carbocycles. The van der Waals surface area contributed by atoms with Crippen LogP contribution < -0.4 is 15.5 Å². The van der Waals surface area contributed by atoms with Crippen molar-refractivity contribution in [1.29, 1.82) is 0 Å². The third kappa shape index (κ3) is 5.25. The Morgan fingerprint density at radius 3 is 2.41 bits per heavy atom. The number of hydrogen-bond donors (Lipinski definition) is 2. The van der Waals surface area contributed by atoms with Crippen LogP contribution in [-0.2, 0) is 11.3 Å². The van der Waals surface area contributed by atoms with E-state index >= 15 is 0 Å². The van der Waals surface area contributed by atoms with E-state index in [9.17, 15) is 4.79 Å². The van der Waals surface area contributed by atoms with Crippen LogP contribution in [0.1, 0.15) is 24.8 Å². The van der Waals surface area contributed by atoms with Gasteiger partial charge in [0.25, 0.3) is 0 Å². The monoisotopic (exact) mass is 369 g/mol. The number of carbonyl (C=O) groups is 1. The summed E-state index contributed by atoms with van der Waals surface area (Å²) in [4.78, 5) is 20.6. The Kier molecular flexibility index (Phi) is 6.74. The molecule has 146 valence electrons. The van der Waals surface area contributed by atoms with Gasteiger partial charge in [-0.25, -0.2) is 0 Å². The van der Waals surface area contributed by atoms with Gasteiger partial charge in [-0.1, -0.05) is 24.3 Å². The molecule has 1 saturated heterocycles. The second-order valence-electron chi connectivity index (χ2n) is 7.25. The molecule has 1 aromatic rings. The summed E-state index contributed by atoms with van der Waals surface area (Å²) < 4.78 is 0. The second-order valence-corrected chi connectivity index (χ2v) is 7.25. The summed E-state index contributed by atoms with van der Waals surface area (Å²) in [5, 5.41) is 6.20. The van der Waals surface area contributed by atoms with E-state index in [4.69, 9.17) is 0 Å². The van der Waals surface area contributed by atoms with E-state index in [1.54, 1.807) is 7.05 Å². The summed E-state index contributed by atoms with van der Waals surface area (Å²) in [6.45, 7) is 4.66. The third-order valence-corrected chi connectivity index (χ3v) is 5.45. The van der Waals surface area contributed by atoms with Crippen molar-refractivity contribution in [2.75, 3.05) is 45.2 Å². The van der Waals surface area contributed by atoms with Crippen LogP contribution in [0.15, 0.2) is 41.4 Å². The van der Waals surface area contributed by atoms with Gasteiger partial charge in [0.05, 0.1) is 0 Å². The van der Waals surface area contributed by atoms with Crippen LogP contribution in [0.2, 0.25) is 0 Å². The fraction of sp³-hybridized carbons (Fsp3) is 0.524. The first kappa shape index (κ1) is 19.3. The molecule has 0 radical (unpaired) electrons. The van der Waals surface area contributed by atoms with Crippen molar-refractivity contribution in [3.63, 3.8) is 0 Å². The Labute approximate surface area is 162 Å². The molecule has 0 aliphatic carbocycles. The zero-order valence-corrected chi connectivity index (χ0v) is 16.4. The molecule has 3 rings (SSSR count). The lowest BCUT2D eigenvalue weighted by Gasteiger charge is -2.34. The quantitative estimate of drug-likeness (QED) is 0.473. The molecule has 2 heterocycles. The highest BCUT2D eigenvalue weighted by Gasteiger charge is 2.23. The normalized spacial score (nSPS) is 18.1. The number of nitrogens with zero attached hydrogens (tertiary/aromatic N) is 3. The minimum absolute atomic E-state index is 0.143. The Bertz CT molecular complexity index is 666. The Morgan fingerprint density at radius 2 is 1.81 bits per heavy atom. The van der Waals surface area contributed by atoms with E-state index in [-0.39, 0.29) is 5.91 Å². The smallest absolute Gasteiger partial charge is 0.220 e. The minimum atomic E-state index is 0.143. The molecule has 0 saturated carbocycles. The lowest BCUT2D eigenvalue weighted by atomic mass is 9.93. The number of likely N-dealkylation sites (tertiary alicyclic amines) is 1. The molecule has 0 bridgehead atoms. The van der Waals surface area contributed by atoms with Crippen LogP contribution >= 0.6 is 0 Å². The maximum atomic E-state index is 11.6. The Balaban J connectivity index is 1.46. The SMILES string of the molecule is CN=C(NCc1ccc(N2CC=CC2)cc1)N1CCC(CC(=O)NC)CC1. The van der Waals surface area contributed by atoms with E-state index < -0.39 is 0 Å². The summed E-state index contributed by atoms with van der Waals surface area (Å²) in [6.07, 6.45) is 7.11. The molecule has 2 aliphatic rings. The topological polar surface area (TPSA) is 60.0 Å². The maximum Gasteiger partial charge on any atom is 0.220 e. The Hall–Kier alpha value is -2.50. The van der Waals surface area contributed by atoms with Crippen LogP contribution in [-0.4, -0.2) is 57.0 Å². The Morgan fingerprint density at radius 1 is 1.15 bits per heavy atom. The minimum Gasteiger partial charge on any atom is -0.364 e. The van der Waals surface area contributed by atoms with Gasteiger partial charge in [0.2, 0.25) is 5.91 Å². The molecule has 1 amide bonds. The first-order valence-corrected chi connectivity index (χ1v) is 9.84. The van der Waals surface area contributed by atoms with E-state index in [0.29, 0.717) is 12.3 Å². The number of piperidine rings is 1. The first-order chi connectivity index (χ1) is 13.2. The molecule has 2 aliphatic heterocycles. The van der Waals surface area contributed by atoms with Crippen molar-refractivity contribution in [3.8, 4) is 0 Å². The van der Waals surface area contributed by atoms with Gasteiger partial charge < -0.3 is 20.4 Å². The van der Waals surface area contributed by atoms with Crippen molar-refractivity contribution in [3.05, 3.63) is 42.0 Å². The molecule has 27 heavy (non-hydrogen) atoms. The number of guanidine groups is 1. The van der Waals surface area contributed by atoms with Crippen LogP contribution in [0.5, 0.6) is 0 Å². The maximum absolute atomic E-state index is 11.6.